The Hall–Kier alpha value is -1.07. The average Bonchev–Trinajstić information content (AvgIpc) is 2.97. The van der Waals surface area contributed by atoms with Gasteiger partial charge in [0.25, 0.3) is 0 Å². The molecule has 5 heteroatoms. The molecule has 1 aromatic heterocycles. The topological polar surface area (TPSA) is 61.4 Å². The van der Waals surface area contributed by atoms with Crippen molar-refractivity contribution in [3.05, 3.63) is 21.9 Å². The first kappa shape index (κ1) is 15.3. The van der Waals surface area contributed by atoms with E-state index in [2.05, 4.69) is 29.7 Å². The van der Waals surface area contributed by atoms with Gasteiger partial charge in [-0.15, -0.1) is 11.3 Å². The minimum atomic E-state index is -0.689. The highest BCUT2D eigenvalue weighted by Gasteiger charge is 2.31. The van der Waals surface area contributed by atoms with Crippen LogP contribution >= 0.6 is 11.3 Å². The highest BCUT2D eigenvalue weighted by molar-refractivity contribution is 7.11. The van der Waals surface area contributed by atoms with Gasteiger partial charge in [-0.25, -0.2) is 4.79 Å². The van der Waals surface area contributed by atoms with Crippen molar-refractivity contribution in [3.8, 4) is 0 Å². The normalized spacial score (nSPS) is 18.8. The Balaban J connectivity index is 1.71. The Morgan fingerprint density at radius 3 is 2.75 bits per heavy atom. The van der Waals surface area contributed by atoms with Crippen molar-refractivity contribution in [2.24, 2.45) is 0 Å². The van der Waals surface area contributed by atoms with Crippen molar-refractivity contribution >= 4 is 17.4 Å². The molecule has 3 N–H and O–H groups in total. The first-order valence-electron chi connectivity index (χ1n) is 7.29. The Kier molecular flexibility index (Phi) is 5.05. The molecule has 1 aromatic rings. The van der Waals surface area contributed by atoms with Crippen LogP contribution in [0.4, 0.5) is 4.79 Å². The second kappa shape index (κ2) is 6.59. The second-order valence-electron chi connectivity index (χ2n) is 5.88. The Labute approximate surface area is 124 Å². The lowest BCUT2D eigenvalue weighted by molar-refractivity contribution is 0.0500. The third-order valence-corrected chi connectivity index (χ3v) is 4.82. The molecule has 1 unspecified atom stereocenters. The molecule has 2 amide bonds. The zero-order valence-electron chi connectivity index (χ0n) is 12.2. The molecule has 0 radical (unpaired) electrons. The van der Waals surface area contributed by atoms with E-state index in [-0.39, 0.29) is 12.1 Å². The lowest BCUT2D eigenvalue weighted by Crippen LogP contribution is -2.47. The van der Waals surface area contributed by atoms with E-state index < -0.39 is 5.60 Å². The van der Waals surface area contributed by atoms with Crippen LogP contribution in [-0.2, 0) is 6.42 Å². The minimum absolute atomic E-state index is 0.0891. The lowest BCUT2D eigenvalue weighted by atomic mass is 10.0. The maximum absolute atomic E-state index is 11.8. The number of rotatable bonds is 5. The van der Waals surface area contributed by atoms with Crippen molar-refractivity contribution in [3.63, 3.8) is 0 Å². The van der Waals surface area contributed by atoms with E-state index in [0.29, 0.717) is 6.54 Å². The van der Waals surface area contributed by atoms with Crippen LogP contribution in [0.15, 0.2) is 12.1 Å². The summed E-state index contributed by atoms with van der Waals surface area (Å²) in [6.07, 6.45) is 4.52. The van der Waals surface area contributed by atoms with Gasteiger partial charge in [0.15, 0.2) is 0 Å². The van der Waals surface area contributed by atoms with E-state index in [1.807, 2.05) is 6.92 Å². The molecule has 1 atom stereocenters. The van der Waals surface area contributed by atoms with Crippen LogP contribution in [0, 0.1) is 6.92 Å². The summed E-state index contributed by atoms with van der Waals surface area (Å²) in [6, 6.07) is 4.11. The van der Waals surface area contributed by atoms with Gasteiger partial charge in [0, 0.05) is 28.8 Å². The molecule has 0 bridgehead atoms. The first-order chi connectivity index (χ1) is 9.47. The Morgan fingerprint density at radius 1 is 1.45 bits per heavy atom. The predicted molar refractivity (Wildman–Crippen MR) is 82.2 cm³/mol. The van der Waals surface area contributed by atoms with Crippen LogP contribution in [-0.4, -0.2) is 29.3 Å². The number of hydrogen-bond donors (Lipinski definition) is 3. The van der Waals surface area contributed by atoms with Crippen molar-refractivity contribution in [1.82, 2.24) is 10.6 Å². The van der Waals surface area contributed by atoms with Crippen molar-refractivity contribution in [1.29, 1.82) is 0 Å². The third-order valence-electron chi connectivity index (χ3n) is 3.79. The summed E-state index contributed by atoms with van der Waals surface area (Å²) in [5.41, 5.74) is -0.689. The maximum atomic E-state index is 11.8. The quantitative estimate of drug-likeness (QED) is 0.782. The highest BCUT2D eigenvalue weighted by Crippen LogP contribution is 2.28. The van der Waals surface area contributed by atoms with Crippen molar-refractivity contribution < 1.29 is 9.90 Å². The summed E-state index contributed by atoms with van der Waals surface area (Å²) in [7, 11) is 0. The highest BCUT2D eigenvalue weighted by atomic mass is 32.1. The number of thiophene rings is 1. The average molecular weight is 296 g/mol. The van der Waals surface area contributed by atoms with E-state index in [0.717, 1.165) is 32.1 Å². The zero-order valence-corrected chi connectivity index (χ0v) is 13.1. The molecule has 0 spiro atoms. The SMILES string of the molecule is Cc1ccc(CC(C)NC(=O)NCC2(O)CCCC2)s1. The summed E-state index contributed by atoms with van der Waals surface area (Å²) in [6.45, 7) is 4.43. The molecule has 112 valence electrons. The van der Waals surface area contributed by atoms with Gasteiger partial charge in [-0.2, -0.15) is 0 Å². The molecule has 1 aliphatic carbocycles. The molecule has 2 rings (SSSR count). The number of amides is 2. The van der Waals surface area contributed by atoms with Crippen LogP contribution in [0.5, 0.6) is 0 Å². The largest absolute Gasteiger partial charge is 0.388 e. The third kappa shape index (κ3) is 4.49. The molecule has 4 nitrogen and oxygen atoms in total. The molecule has 0 saturated heterocycles. The van der Waals surface area contributed by atoms with Gasteiger partial charge in [-0.05, 0) is 38.8 Å². The van der Waals surface area contributed by atoms with Gasteiger partial charge >= 0.3 is 6.03 Å². The molecular formula is C15H24N2O2S. The molecule has 1 saturated carbocycles. The van der Waals surface area contributed by atoms with Crippen LogP contribution in [0.2, 0.25) is 0 Å². The number of carbonyl (C=O) groups is 1. The lowest BCUT2D eigenvalue weighted by Gasteiger charge is -2.23. The molecule has 20 heavy (non-hydrogen) atoms. The summed E-state index contributed by atoms with van der Waals surface area (Å²) in [5, 5.41) is 15.9. The molecule has 0 aliphatic heterocycles. The smallest absolute Gasteiger partial charge is 0.315 e. The number of aryl methyl sites for hydroxylation is 1. The molecular weight excluding hydrogens is 272 g/mol. The fourth-order valence-corrected chi connectivity index (χ4v) is 3.70. The monoisotopic (exact) mass is 296 g/mol. The van der Waals surface area contributed by atoms with Gasteiger partial charge in [0.05, 0.1) is 5.60 Å². The number of hydrogen-bond acceptors (Lipinski definition) is 3. The van der Waals surface area contributed by atoms with E-state index in [4.69, 9.17) is 0 Å². The number of nitrogens with one attached hydrogen (secondary N) is 2. The predicted octanol–water partition coefficient (Wildman–Crippen LogP) is 2.59. The van der Waals surface area contributed by atoms with Crippen molar-refractivity contribution in [2.75, 3.05) is 6.54 Å². The van der Waals surface area contributed by atoms with E-state index in [9.17, 15) is 9.90 Å². The molecule has 1 fully saturated rings. The first-order valence-corrected chi connectivity index (χ1v) is 8.11. The van der Waals surface area contributed by atoms with E-state index in [1.54, 1.807) is 11.3 Å². The van der Waals surface area contributed by atoms with E-state index in [1.165, 1.54) is 9.75 Å². The van der Waals surface area contributed by atoms with Crippen LogP contribution in [0.1, 0.15) is 42.4 Å². The summed E-state index contributed by atoms with van der Waals surface area (Å²) in [5.74, 6) is 0. The van der Waals surface area contributed by atoms with Gasteiger partial charge in [0.1, 0.15) is 0 Å². The Morgan fingerprint density at radius 2 is 2.15 bits per heavy atom. The summed E-state index contributed by atoms with van der Waals surface area (Å²) < 4.78 is 0. The maximum Gasteiger partial charge on any atom is 0.315 e. The number of carbonyl (C=O) groups excluding carboxylic acids is 1. The molecule has 1 aliphatic rings. The fraction of sp³-hybridized carbons (Fsp3) is 0.667. The molecule has 1 heterocycles. The number of aliphatic hydroxyl groups is 1. The zero-order chi connectivity index (χ0) is 14.6. The van der Waals surface area contributed by atoms with Gasteiger partial charge in [-0.3, -0.25) is 0 Å². The molecule has 0 aromatic carbocycles. The summed E-state index contributed by atoms with van der Waals surface area (Å²) in [4.78, 5) is 14.4. The standard InChI is InChI=1S/C15H24N2O2S/c1-11(9-13-6-5-12(2)20-13)17-14(18)16-10-15(19)7-3-4-8-15/h5-6,11,19H,3-4,7-10H2,1-2H3,(H2,16,17,18). The Bertz CT molecular complexity index is 452. The van der Waals surface area contributed by atoms with Crippen LogP contribution in [0.3, 0.4) is 0 Å². The number of urea groups is 1. The van der Waals surface area contributed by atoms with Gasteiger partial charge in [0.2, 0.25) is 0 Å². The fourth-order valence-electron chi connectivity index (χ4n) is 2.68. The summed E-state index contributed by atoms with van der Waals surface area (Å²) >= 11 is 1.76. The van der Waals surface area contributed by atoms with Crippen LogP contribution in [0.25, 0.3) is 0 Å². The minimum Gasteiger partial charge on any atom is -0.388 e. The van der Waals surface area contributed by atoms with Gasteiger partial charge < -0.3 is 15.7 Å². The second-order valence-corrected chi connectivity index (χ2v) is 7.25. The van der Waals surface area contributed by atoms with Crippen molar-refractivity contribution in [2.45, 2.75) is 57.6 Å². The van der Waals surface area contributed by atoms with E-state index >= 15 is 0 Å². The van der Waals surface area contributed by atoms with Crippen LogP contribution < -0.4 is 10.6 Å². The van der Waals surface area contributed by atoms with Gasteiger partial charge in [-0.1, -0.05) is 12.8 Å².